The predicted octanol–water partition coefficient (Wildman–Crippen LogP) is 6.20. The number of hydrogen-bond donors (Lipinski definition) is 3. The summed E-state index contributed by atoms with van der Waals surface area (Å²) in [6, 6.07) is 32.1. The topological polar surface area (TPSA) is 87.7 Å². The first-order valence-corrected chi connectivity index (χ1v) is 10.4. The minimum atomic E-state index is -1.06. The third kappa shape index (κ3) is 5.57. The van der Waals surface area contributed by atoms with E-state index in [0.717, 1.165) is 11.1 Å². The summed E-state index contributed by atoms with van der Waals surface area (Å²) in [7, 11) is 0. The number of nitrogens with one attached hydrogen (secondary N) is 2. The molecule has 4 rings (SSSR count). The highest BCUT2D eigenvalue weighted by Crippen LogP contribution is 2.31. The minimum Gasteiger partial charge on any atom is -0.480 e. The van der Waals surface area contributed by atoms with E-state index in [-0.39, 0.29) is 17.3 Å². The van der Waals surface area contributed by atoms with Crippen LogP contribution in [0.5, 0.6) is 5.75 Å². The molecule has 0 aromatic heterocycles. The fraction of sp³-hybridized carbons (Fsp3) is 0.0370. The average Bonchev–Trinajstić information content (AvgIpc) is 2.84. The standard InChI is InChI=1S/C27H22N2O4/c30-26(31)23-16-7-8-17-24(23)33-25(19-10-3-1-4-11-19)20-12-9-15-22(18-20)29-27(32)28-21-13-5-2-6-14-21/h1-18,25H,(H,30,31)(H2,28,29,32). The van der Waals surface area contributed by atoms with Gasteiger partial charge in [-0.25, -0.2) is 9.59 Å². The maximum Gasteiger partial charge on any atom is 0.339 e. The van der Waals surface area contributed by atoms with Crippen LogP contribution in [0.25, 0.3) is 0 Å². The first-order valence-electron chi connectivity index (χ1n) is 10.4. The Morgan fingerprint density at radius 1 is 0.667 bits per heavy atom. The molecule has 1 unspecified atom stereocenters. The molecular weight excluding hydrogens is 416 g/mol. The molecule has 0 aliphatic rings. The largest absolute Gasteiger partial charge is 0.480 e. The number of benzene rings is 4. The molecule has 0 aliphatic heterocycles. The van der Waals surface area contributed by atoms with E-state index in [1.807, 2.05) is 66.7 Å². The number of ether oxygens (including phenoxy) is 1. The average molecular weight is 438 g/mol. The number of para-hydroxylation sites is 2. The Labute approximate surface area is 191 Å². The minimum absolute atomic E-state index is 0.0787. The van der Waals surface area contributed by atoms with Crippen LogP contribution in [0, 0.1) is 0 Å². The third-order valence-corrected chi connectivity index (χ3v) is 4.94. The lowest BCUT2D eigenvalue weighted by atomic mass is 10.0. The van der Waals surface area contributed by atoms with Gasteiger partial charge in [-0.2, -0.15) is 0 Å². The van der Waals surface area contributed by atoms with Crippen LogP contribution in [0.1, 0.15) is 27.6 Å². The van der Waals surface area contributed by atoms with E-state index in [0.29, 0.717) is 11.4 Å². The van der Waals surface area contributed by atoms with Crippen LogP contribution in [0.3, 0.4) is 0 Å². The smallest absolute Gasteiger partial charge is 0.339 e. The normalized spacial score (nSPS) is 11.3. The zero-order chi connectivity index (χ0) is 23.0. The van der Waals surface area contributed by atoms with E-state index in [9.17, 15) is 14.7 Å². The molecule has 33 heavy (non-hydrogen) atoms. The second-order valence-electron chi connectivity index (χ2n) is 7.28. The number of carboxylic acid groups (broad SMARTS) is 1. The zero-order valence-electron chi connectivity index (χ0n) is 17.6. The van der Waals surface area contributed by atoms with E-state index in [1.54, 1.807) is 36.4 Å². The first-order chi connectivity index (χ1) is 16.1. The Bertz CT molecular complexity index is 1240. The van der Waals surface area contributed by atoms with Crippen LogP contribution in [0.4, 0.5) is 16.2 Å². The number of carbonyl (C=O) groups excluding carboxylic acids is 1. The second kappa shape index (κ2) is 10.2. The van der Waals surface area contributed by atoms with Crippen LogP contribution in [0.2, 0.25) is 0 Å². The molecule has 4 aromatic rings. The molecule has 0 saturated heterocycles. The molecule has 0 fully saturated rings. The lowest BCUT2D eigenvalue weighted by Crippen LogP contribution is -2.19. The van der Waals surface area contributed by atoms with Crippen LogP contribution < -0.4 is 15.4 Å². The molecule has 0 radical (unpaired) electrons. The quantitative estimate of drug-likeness (QED) is 0.321. The van der Waals surface area contributed by atoms with Crippen LogP contribution >= 0.6 is 0 Å². The highest BCUT2D eigenvalue weighted by Gasteiger charge is 2.20. The number of amides is 2. The number of aromatic carboxylic acids is 1. The fourth-order valence-corrected chi connectivity index (χ4v) is 3.42. The van der Waals surface area contributed by atoms with Gasteiger partial charge in [0.2, 0.25) is 0 Å². The fourth-order valence-electron chi connectivity index (χ4n) is 3.42. The van der Waals surface area contributed by atoms with Gasteiger partial charge in [-0.3, -0.25) is 0 Å². The molecule has 0 saturated carbocycles. The summed E-state index contributed by atoms with van der Waals surface area (Å²) < 4.78 is 6.23. The summed E-state index contributed by atoms with van der Waals surface area (Å²) in [6.07, 6.45) is -0.578. The van der Waals surface area contributed by atoms with Gasteiger partial charge < -0.3 is 20.5 Å². The van der Waals surface area contributed by atoms with Crippen LogP contribution in [-0.2, 0) is 0 Å². The molecule has 164 valence electrons. The van der Waals surface area contributed by atoms with Gasteiger partial charge >= 0.3 is 12.0 Å². The Morgan fingerprint density at radius 2 is 1.24 bits per heavy atom. The van der Waals surface area contributed by atoms with Crippen molar-refractivity contribution in [3.8, 4) is 5.75 Å². The number of hydrogen-bond acceptors (Lipinski definition) is 3. The molecule has 3 N–H and O–H groups in total. The summed E-state index contributed by atoms with van der Waals surface area (Å²) in [4.78, 5) is 24.1. The Hall–Kier alpha value is -4.58. The van der Waals surface area contributed by atoms with Crippen LogP contribution in [0.15, 0.2) is 109 Å². The molecule has 2 amide bonds. The van der Waals surface area contributed by atoms with E-state index < -0.39 is 12.1 Å². The summed E-state index contributed by atoms with van der Waals surface area (Å²) in [5, 5.41) is 15.2. The number of rotatable bonds is 7. The molecule has 0 bridgehead atoms. The molecule has 6 heteroatoms. The van der Waals surface area contributed by atoms with Crippen molar-refractivity contribution >= 4 is 23.4 Å². The number of carbonyl (C=O) groups is 2. The Kier molecular flexibility index (Phi) is 6.66. The van der Waals surface area contributed by atoms with E-state index >= 15 is 0 Å². The second-order valence-corrected chi connectivity index (χ2v) is 7.28. The lowest BCUT2D eigenvalue weighted by molar-refractivity contribution is 0.0690. The highest BCUT2D eigenvalue weighted by atomic mass is 16.5. The van der Waals surface area contributed by atoms with Gasteiger partial charge in [0.1, 0.15) is 17.4 Å². The molecule has 0 spiro atoms. The van der Waals surface area contributed by atoms with Crippen molar-refractivity contribution in [2.24, 2.45) is 0 Å². The highest BCUT2D eigenvalue weighted by molar-refractivity contribution is 5.99. The molecule has 4 aromatic carbocycles. The summed E-state index contributed by atoms with van der Waals surface area (Å²) in [5.74, 6) is -0.801. The van der Waals surface area contributed by atoms with E-state index in [4.69, 9.17) is 4.74 Å². The molecule has 0 aliphatic carbocycles. The van der Waals surface area contributed by atoms with Crippen molar-refractivity contribution in [3.05, 3.63) is 126 Å². The van der Waals surface area contributed by atoms with Crippen molar-refractivity contribution in [2.45, 2.75) is 6.10 Å². The molecule has 0 heterocycles. The SMILES string of the molecule is O=C(Nc1ccccc1)Nc1cccc(C(Oc2ccccc2C(=O)O)c2ccccc2)c1. The number of anilines is 2. The van der Waals surface area contributed by atoms with Gasteiger partial charge in [-0.15, -0.1) is 0 Å². The third-order valence-electron chi connectivity index (χ3n) is 4.94. The predicted molar refractivity (Wildman–Crippen MR) is 128 cm³/mol. The molecule has 1 atom stereocenters. The van der Waals surface area contributed by atoms with E-state index in [2.05, 4.69) is 10.6 Å². The van der Waals surface area contributed by atoms with Gasteiger partial charge in [0.05, 0.1) is 0 Å². The van der Waals surface area contributed by atoms with Gasteiger partial charge in [-0.1, -0.05) is 72.8 Å². The molecular formula is C27H22N2O4. The van der Waals surface area contributed by atoms with Crippen molar-refractivity contribution < 1.29 is 19.4 Å². The zero-order valence-corrected chi connectivity index (χ0v) is 17.6. The first kappa shape index (κ1) is 21.6. The molecule has 6 nitrogen and oxygen atoms in total. The van der Waals surface area contributed by atoms with E-state index in [1.165, 1.54) is 6.07 Å². The van der Waals surface area contributed by atoms with Crippen molar-refractivity contribution in [2.75, 3.05) is 10.6 Å². The van der Waals surface area contributed by atoms with Crippen molar-refractivity contribution in [1.82, 2.24) is 0 Å². The number of carboxylic acids is 1. The summed E-state index contributed by atoms with van der Waals surface area (Å²) in [6.45, 7) is 0. The summed E-state index contributed by atoms with van der Waals surface area (Å²) in [5.41, 5.74) is 2.95. The van der Waals surface area contributed by atoms with Crippen molar-refractivity contribution in [3.63, 3.8) is 0 Å². The van der Waals surface area contributed by atoms with Gasteiger partial charge in [0.25, 0.3) is 0 Å². The van der Waals surface area contributed by atoms with Crippen LogP contribution in [-0.4, -0.2) is 17.1 Å². The van der Waals surface area contributed by atoms with Gasteiger partial charge in [0, 0.05) is 11.4 Å². The lowest BCUT2D eigenvalue weighted by Gasteiger charge is -2.22. The maximum absolute atomic E-state index is 12.4. The Morgan fingerprint density at radius 3 is 1.97 bits per heavy atom. The van der Waals surface area contributed by atoms with Crippen molar-refractivity contribution in [1.29, 1.82) is 0 Å². The maximum atomic E-state index is 12.4. The van der Waals surface area contributed by atoms with Gasteiger partial charge in [-0.05, 0) is 47.5 Å². The Balaban J connectivity index is 1.62. The van der Waals surface area contributed by atoms with Gasteiger partial charge in [0.15, 0.2) is 0 Å². The summed E-state index contributed by atoms with van der Waals surface area (Å²) >= 11 is 0. The monoisotopic (exact) mass is 438 g/mol. The number of urea groups is 1.